The quantitative estimate of drug-likeness (QED) is 0.0565. The fourth-order valence-electron chi connectivity index (χ4n) is 3.97. The number of carboxylic acid groups (broad SMARTS) is 2. The first-order valence-electron chi connectivity index (χ1n) is 12.7. The number of nitrogens with two attached hydrogens (primary N) is 3. The fraction of sp³-hybridized carbons (Fsp3) is 0.440. The third kappa shape index (κ3) is 10.1. The molecule has 2 aromatic rings. The number of H-pyrrole nitrogens is 1. The maximum absolute atomic E-state index is 13.3. The Bertz CT molecular complexity index is 1270. The van der Waals surface area contributed by atoms with Crippen molar-refractivity contribution in [3.8, 4) is 0 Å². The van der Waals surface area contributed by atoms with Gasteiger partial charge in [-0.15, -0.1) is 0 Å². The molecule has 0 aliphatic heterocycles. The molecule has 0 bridgehead atoms. The number of para-hydroxylation sites is 1. The van der Waals surface area contributed by atoms with Crippen LogP contribution in [0.15, 0.2) is 35.5 Å². The zero-order chi connectivity index (χ0) is 30.7. The van der Waals surface area contributed by atoms with Crippen molar-refractivity contribution in [3.63, 3.8) is 0 Å². The van der Waals surface area contributed by atoms with Crippen LogP contribution in [0.25, 0.3) is 10.9 Å². The summed E-state index contributed by atoms with van der Waals surface area (Å²) in [5.41, 5.74) is 17.5. The van der Waals surface area contributed by atoms with Crippen LogP contribution in [0.1, 0.15) is 31.7 Å². The van der Waals surface area contributed by atoms with E-state index in [4.69, 9.17) is 22.3 Å². The lowest BCUT2D eigenvalue weighted by Gasteiger charge is -2.26. The number of aromatic amines is 1. The highest BCUT2D eigenvalue weighted by atomic mass is 16.4. The number of benzene rings is 1. The van der Waals surface area contributed by atoms with Crippen molar-refractivity contribution in [2.75, 3.05) is 6.54 Å². The molecule has 3 amide bonds. The van der Waals surface area contributed by atoms with Gasteiger partial charge in [0.05, 0.1) is 18.6 Å². The van der Waals surface area contributed by atoms with Crippen LogP contribution in [0, 0.1) is 0 Å². The number of nitrogens with zero attached hydrogens (tertiary/aromatic N) is 1. The number of guanidine groups is 1. The molecule has 0 aliphatic rings. The van der Waals surface area contributed by atoms with E-state index < -0.39 is 66.4 Å². The average Bonchev–Trinajstić information content (AvgIpc) is 3.30. The van der Waals surface area contributed by atoms with Gasteiger partial charge in [-0.05, 0) is 31.4 Å². The molecule has 1 heterocycles. The van der Waals surface area contributed by atoms with Gasteiger partial charge in [0, 0.05) is 30.1 Å². The molecule has 1 aromatic carbocycles. The summed E-state index contributed by atoms with van der Waals surface area (Å²) in [6.07, 6.45) is -0.400. The summed E-state index contributed by atoms with van der Waals surface area (Å²) in [5.74, 6) is -5.63. The third-order valence-corrected chi connectivity index (χ3v) is 6.09. The van der Waals surface area contributed by atoms with E-state index in [-0.39, 0.29) is 31.8 Å². The lowest BCUT2D eigenvalue weighted by molar-refractivity contribution is -0.142. The van der Waals surface area contributed by atoms with Gasteiger partial charge in [0.15, 0.2) is 5.96 Å². The highest BCUT2D eigenvalue weighted by molar-refractivity contribution is 5.95. The van der Waals surface area contributed by atoms with Crippen LogP contribution in [0.5, 0.6) is 0 Å². The van der Waals surface area contributed by atoms with Gasteiger partial charge >= 0.3 is 11.9 Å². The third-order valence-electron chi connectivity index (χ3n) is 6.09. The molecule has 224 valence electrons. The maximum Gasteiger partial charge on any atom is 0.326 e. The van der Waals surface area contributed by atoms with Crippen LogP contribution >= 0.6 is 0 Å². The van der Waals surface area contributed by atoms with Crippen LogP contribution in [0.4, 0.5) is 0 Å². The van der Waals surface area contributed by atoms with Gasteiger partial charge in [-0.2, -0.15) is 0 Å². The Kier molecular flexibility index (Phi) is 12.0. The van der Waals surface area contributed by atoms with Gasteiger partial charge in [-0.3, -0.25) is 24.2 Å². The average molecular weight is 577 g/mol. The number of carbonyl (C=O) groups excluding carboxylic acids is 3. The lowest BCUT2D eigenvalue weighted by Crippen LogP contribution is -2.60. The Balaban J connectivity index is 2.28. The monoisotopic (exact) mass is 576 g/mol. The summed E-state index contributed by atoms with van der Waals surface area (Å²) < 4.78 is 0. The SMILES string of the molecule is CC(O)C(NC(=O)C(N)CC(=O)O)C(=O)NC(Cc1c[nH]c2ccccc12)C(=O)NC(CCCN=C(N)N)C(=O)O. The van der Waals surface area contributed by atoms with E-state index in [0.29, 0.717) is 5.56 Å². The molecular weight excluding hydrogens is 540 g/mol. The molecule has 0 spiro atoms. The molecular formula is C25H36N8O8. The van der Waals surface area contributed by atoms with Gasteiger partial charge in [-0.25, -0.2) is 4.79 Å². The number of aliphatic hydroxyl groups is 1. The number of aliphatic carboxylic acids is 2. The molecule has 0 aliphatic carbocycles. The summed E-state index contributed by atoms with van der Waals surface area (Å²) in [6.45, 7) is 1.34. The summed E-state index contributed by atoms with van der Waals surface area (Å²) in [7, 11) is 0. The number of rotatable bonds is 16. The van der Waals surface area contributed by atoms with Crippen molar-refractivity contribution in [3.05, 3.63) is 36.0 Å². The van der Waals surface area contributed by atoms with Crippen LogP contribution in [0.2, 0.25) is 0 Å². The number of nitrogens with one attached hydrogen (secondary N) is 4. The van der Waals surface area contributed by atoms with E-state index in [2.05, 4.69) is 25.9 Å². The molecule has 5 atom stereocenters. The molecule has 16 nitrogen and oxygen atoms in total. The van der Waals surface area contributed by atoms with E-state index in [1.165, 1.54) is 6.92 Å². The van der Waals surface area contributed by atoms with Crippen molar-refractivity contribution in [1.82, 2.24) is 20.9 Å². The Morgan fingerprint density at radius 3 is 2.24 bits per heavy atom. The zero-order valence-corrected chi connectivity index (χ0v) is 22.4. The van der Waals surface area contributed by atoms with Crippen molar-refractivity contribution in [2.45, 2.75) is 62.9 Å². The van der Waals surface area contributed by atoms with Crippen molar-refractivity contribution < 1.29 is 39.3 Å². The molecule has 5 unspecified atom stereocenters. The predicted octanol–water partition coefficient (Wildman–Crippen LogP) is -2.51. The topological polar surface area (TPSA) is 288 Å². The molecule has 1 aromatic heterocycles. The van der Waals surface area contributed by atoms with Gasteiger partial charge in [-0.1, -0.05) is 18.2 Å². The highest BCUT2D eigenvalue weighted by Crippen LogP contribution is 2.19. The number of aliphatic imine (C=N–C) groups is 1. The largest absolute Gasteiger partial charge is 0.481 e. The molecule has 13 N–H and O–H groups in total. The van der Waals surface area contributed by atoms with Crippen molar-refractivity contribution >= 4 is 46.5 Å². The van der Waals surface area contributed by atoms with Crippen molar-refractivity contribution in [1.29, 1.82) is 0 Å². The highest BCUT2D eigenvalue weighted by Gasteiger charge is 2.33. The molecule has 0 saturated carbocycles. The number of hydrogen-bond acceptors (Lipinski definition) is 8. The molecule has 2 rings (SSSR count). The second-order valence-corrected chi connectivity index (χ2v) is 9.40. The number of carbonyl (C=O) groups is 5. The molecule has 16 heteroatoms. The van der Waals surface area contributed by atoms with Crippen LogP contribution in [0.3, 0.4) is 0 Å². The van der Waals surface area contributed by atoms with E-state index in [1.54, 1.807) is 24.4 Å². The van der Waals surface area contributed by atoms with E-state index >= 15 is 0 Å². The Hall–Kier alpha value is -4.70. The first-order valence-corrected chi connectivity index (χ1v) is 12.7. The Morgan fingerprint density at radius 1 is 0.976 bits per heavy atom. The van der Waals surface area contributed by atoms with E-state index in [0.717, 1.165) is 10.9 Å². The normalized spacial score (nSPS) is 14.6. The minimum Gasteiger partial charge on any atom is -0.481 e. The minimum atomic E-state index is -1.60. The van der Waals surface area contributed by atoms with E-state index in [9.17, 15) is 34.2 Å². The van der Waals surface area contributed by atoms with Gasteiger partial charge in [0.1, 0.15) is 18.1 Å². The fourth-order valence-corrected chi connectivity index (χ4v) is 3.97. The van der Waals surface area contributed by atoms with Crippen LogP contribution < -0.4 is 33.2 Å². The smallest absolute Gasteiger partial charge is 0.326 e. The number of hydrogen-bond donors (Lipinski definition) is 10. The lowest BCUT2D eigenvalue weighted by atomic mass is 10.0. The molecule has 41 heavy (non-hydrogen) atoms. The zero-order valence-electron chi connectivity index (χ0n) is 22.4. The number of amides is 3. The number of fused-ring (bicyclic) bond motifs is 1. The summed E-state index contributed by atoms with van der Waals surface area (Å²) in [5, 5.41) is 36.5. The first-order chi connectivity index (χ1) is 19.3. The molecule has 0 fully saturated rings. The first kappa shape index (κ1) is 32.5. The maximum atomic E-state index is 13.3. The minimum absolute atomic E-state index is 0.0145. The number of aromatic nitrogens is 1. The Labute approximate surface area is 234 Å². The molecule has 0 radical (unpaired) electrons. The van der Waals surface area contributed by atoms with Gasteiger partial charge < -0.3 is 53.5 Å². The summed E-state index contributed by atoms with van der Waals surface area (Å²) in [4.78, 5) is 68.4. The standard InChI is InChI=1S/C25H36N8O8/c1-12(34)20(33-21(37)15(26)10-19(35)36)23(39)32-18(9-13-11-30-16-6-3-2-5-14(13)16)22(38)31-17(24(40)41)7-4-8-29-25(27)28/h2-3,5-6,11-12,15,17-18,20,30,34H,4,7-10,26H2,1H3,(H,31,38)(H,32,39)(H,33,37)(H,35,36)(H,40,41)(H4,27,28,29). The van der Waals surface area contributed by atoms with Gasteiger partial charge in [0.2, 0.25) is 17.7 Å². The van der Waals surface area contributed by atoms with Gasteiger partial charge in [0.25, 0.3) is 0 Å². The molecule has 0 saturated heterocycles. The van der Waals surface area contributed by atoms with Crippen molar-refractivity contribution in [2.24, 2.45) is 22.2 Å². The number of carboxylic acids is 2. The summed E-state index contributed by atoms with van der Waals surface area (Å²) >= 11 is 0. The van der Waals surface area contributed by atoms with Crippen LogP contribution in [-0.4, -0.2) is 92.7 Å². The van der Waals surface area contributed by atoms with Crippen LogP contribution in [-0.2, 0) is 30.4 Å². The second-order valence-electron chi connectivity index (χ2n) is 9.40. The van der Waals surface area contributed by atoms with E-state index in [1.807, 2.05) is 6.07 Å². The summed E-state index contributed by atoms with van der Waals surface area (Å²) in [6, 6.07) is 1.42. The second kappa shape index (κ2) is 15.2. The Morgan fingerprint density at radius 2 is 1.63 bits per heavy atom. The predicted molar refractivity (Wildman–Crippen MR) is 147 cm³/mol. The number of aliphatic hydroxyl groups excluding tert-OH is 1.